The van der Waals surface area contributed by atoms with Gasteiger partial charge in [-0.2, -0.15) is 0 Å². The largest absolute Gasteiger partial charge is 0.370 e. The number of likely N-dealkylation sites (N-methyl/N-ethyl adjacent to an activating group) is 1. The number of nitrogens with zero attached hydrogens (tertiary/aromatic N) is 2. The highest BCUT2D eigenvalue weighted by Gasteiger charge is 2.58. The maximum absolute atomic E-state index is 12.9. The van der Waals surface area contributed by atoms with Crippen LogP contribution in [0.1, 0.15) is 25.7 Å². The van der Waals surface area contributed by atoms with Gasteiger partial charge in [0.15, 0.2) is 0 Å². The number of nitrogens with one attached hydrogen (secondary N) is 1. The van der Waals surface area contributed by atoms with E-state index in [0.717, 1.165) is 39.0 Å². The van der Waals surface area contributed by atoms with Gasteiger partial charge in [-0.3, -0.25) is 4.79 Å². The lowest BCUT2D eigenvalue weighted by Gasteiger charge is -2.28. The van der Waals surface area contributed by atoms with Crippen molar-refractivity contribution in [2.45, 2.75) is 31.7 Å². The first kappa shape index (κ1) is 15.0. The van der Waals surface area contributed by atoms with E-state index in [1.54, 1.807) is 0 Å². The van der Waals surface area contributed by atoms with E-state index >= 15 is 0 Å². The fraction of sp³-hybridized carbons (Fsp3) is 0.632. The molecule has 2 atom stereocenters. The lowest BCUT2D eigenvalue weighted by Crippen LogP contribution is -2.38. The number of carbonyl (C=O) groups excluding carboxylic acids is 1. The van der Waals surface area contributed by atoms with Gasteiger partial charge in [0.1, 0.15) is 0 Å². The molecule has 3 fully saturated rings. The van der Waals surface area contributed by atoms with Gasteiger partial charge in [0.25, 0.3) is 0 Å². The van der Waals surface area contributed by atoms with E-state index in [9.17, 15) is 4.79 Å². The molecule has 1 aromatic carbocycles. The van der Waals surface area contributed by atoms with Gasteiger partial charge < -0.3 is 15.1 Å². The van der Waals surface area contributed by atoms with Crippen LogP contribution in [0.5, 0.6) is 0 Å². The highest BCUT2D eigenvalue weighted by molar-refractivity contribution is 5.83. The normalized spacial score (nSPS) is 28.8. The van der Waals surface area contributed by atoms with Gasteiger partial charge in [0.2, 0.25) is 5.91 Å². The molecule has 0 radical (unpaired) electrons. The van der Waals surface area contributed by atoms with Crippen molar-refractivity contribution < 1.29 is 4.79 Å². The summed E-state index contributed by atoms with van der Waals surface area (Å²) in [4.78, 5) is 17.3. The third-order valence-electron chi connectivity index (χ3n) is 6.27. The number of likely N-dealkylation sites (tertiary alicyclic amines) is 1. The zero-order valence-electron chi connectivity index (χ0n) is 14.0. The summed E-state index contributed by atoms with van der Waals surface area (Å²) in [7, 11) is 2.15. The minimum Gasteiger partial charge on any atom is -0.370 e. The number of carbonyl (C=O) groups is 1. The standard InChI is InChI=1S/C19H27N3O/c1-21(15-5-3-2-4-6-15)16-7-12-22(14-16)18(23)17-13-19(17)8-10-20-11-9-19/h2-6,16-17,20H,7-14H2,1H3. The molecule has 0 aromatic heterocycles. The highest BCUT2D eigenvalue weighted by atomic mass is 16.2. The Labute approximate surface area is 138 Å². The molecule has 1 aromatic rings. The van der Waals surface area contributed by atoms with Crippen molar-refractivity contribution in [3.8, 4) is 0 Å². The summed E-state index contributed by atoms with van der Waals surface area (Å²) in [5.74, 6) is 0.737. The second-order valence-electron chi connectivity index (χ2n) is 7.54. The summed E-state index contributed by atoms with van der Waals surface area (Å²) in [6.07, 6.45) is 4.58. The van der Waals surface area contributed by atoms with Crippen LogP contribution < -0.4 is 10.2 Å². The van der Waals surface area contributed by atoms with Crippen molar-refractivity contribution in [1.82, 2.24) is 10.2 Å². The Morgan fingerprint density at radius 1 is 1.26 bits per heavy atom. The molecule has 2 heterocycles. The zero-order chi connectivity index (χ0) is 15.9. The van der Waals surface area contributed by atoms with Gasteiger partial charge in [-0.15, -0.1) is 0 Å². The molecule has 2 unspecified atom stereocenters. The van der Waals surface area contributed by atoms with E-state index in [2.05, 4.69) is 46.4 Å². The summed E-state index contributed by atoms with van der Waals surface area (Å²) in [6, 6.07) is 10.9. The van der Waals surface area contributed by atoms with Crippen LogP contribution in [0.25, 0.3) is 0 Å². The minimum absolute atomic E-state index is 0.311. The maximum Gasteiger partial charge on any atom is 0.226 e. The number of hydrogen-bond donors (Lipinski definition) is 1. The molecule has 1 N–H and O–H groups in total. The average molecular weight is 313 g/mol. The summed E-state index contributed by atoms with van der Waals surface area (Å²) in [5.41, 5.74) is 1.60. The average Bonchev–Trinajstić information content (AvgIpc) is 3.07. The molecule has 1 amide bonds. The molecule has 1 aliphatic carbocycles. The lowest BCUT2D eigenvalue weighted by molar-refractivity contribution is -0.132. The quantitative estimate of drug-likeness (QED) is 0.928. The molecular formula is C19H27N3O. The fourth-order valence-corrected chi connectivity index (χ4v) is 4.53. The first-order valence-electron chi connectivity index (χ1n) is 8.97. The van der Waals surface area contributed by atoms with Crippen LogP contribution in [0.15, 0.2) is 30.3 Å². The van der Waals surface area contributed by atoms with E-state index in [1.165, 1.54) is 18.5 Å². The van der Waals surface area contributed by atoms with Crippen molar-refractivity contribution in [1.29, 1.82) is 0 Å². The monoisotopic (exact) mass is 313 g/mol. The Morgan fingerprint density at radius 2 is 2.00 bits per heavy atom. The fourth-order valence-electron chi connectivity index (χ4n) is 4.53. The molecule has 2 aliphatic heterocycles. The molecule has 4 rings (SSSR count). The van der Waals surface area contributed by atoms with Gasteiger partial charge in [0.05, 0.1) is 0 Å². The molecule has 0 bridgehead atoms. The van der Waals surface area contributed by atoms with Gasteiger partial charge in [-0.05, 0) is 56.3 Å². The number of benzene rings is 1. The second-order valence-corrected chi connectivity index (χ2v) is 7.54. The highest BCUT2D eigenvalue weighted by Crippen LogP contribution is 2.59. The van der Waals surface area contributed by atoms with Crippen molar-refractivity contribution in [3.63, 3.8) is 0 Å². The third kappa shape index (κ3) is 2.74. The Kier molecular flexibility index (Phi) is 3.80. The van der Waals surface area contributed by atoms with E-state index in [1.807, 2.05) is 6.07 Å². The first-order valence-corrected chi connectivity index (χ1v) is 8.97. The van der Waals surface area contributed by atoms with Crippen molar-refractivity contribution in [2.75, 3.05) is 38.1 Å². The van der Waals surface area contributed by atoms with E-state index in [-0.39, 0.29) is 0 Å². The van der Waals surface area contributed by atoms with Gasteiger partial charge in [0, 0.05) is 37.8 Å². The Balaban J connectivity index is 1.36. The lowest BCUT2D eigenvalue weighted by atomic mass is 9.91. The Morgan fingerprint density at radius 3 is 2.74 bits per heavy atom. The third-order valence-corrected chi connectivity index (χ3v) is 6.27. The number of para-hydroxylation sites is 1. The summed E-state index contributed by atoms with van der Waals surface area (Å²) >= 11 is 0. The Bertz CT molecular complexity index is 567. The van der Waals surface area contributed by atoms with Gasteiger partial charge in [-0.25, -0.2) is 0 Å². The van der Waals surface area contributed by atoms with Crippen LogP contribution >= 0.6 is 0 Å². The zero-order valence-corrected chi connectivity index (χ0v) is 14.0. The van der Waals surface area contributed by atoms with Gasteiger partial charge >= 0.3 is 0 Å². The molecule has 124 valence electrons. The smallest absolute Gasteiger partial charge is 0.226 e. The van der Waals surface area contributed by atoms with Crippen LogP contribution in [0, 0.1) is 11.3 Å². The molecule has 4 nitrogen and oxygen atoms in total. The van der Waals surface area contributed by atoms with Crippen molar-refractivity contribution in [2.24, 2.45) is 11.3 Å². The molecule has 1 spiro atoms. The predicted molar refractivity (Wildman–Crippen MR) is 92.5 cm³/mol. The molecule has 2 saturated heterocycles. The first-order chi connectivity index (χ1) is 11.2. The topological polar surface area (TPSA) is 35.6 Å². The van der Waals surface area contributed by atoms with Crippen LogP contribution in [0.4, 0.5) is 5.69 Å². The maximum atomic E-state index is 12.9. The molecule has 4 heteroatoms. The van der Waals surface area contributed by atoms with E-state index in [4.69, 9.17) is 0 Å². The van der Waals surface area contributed by atoms with Crippen LogP contribution in [-0.4, -0.2) is 50.1 Å². The molecular weight excluding hydrogens is 286 g/mol. The van der Waals surface area contributed by atoms with Crippen LogP contribution in [-0.2, 0) is 4.79 Å². The SMILES string of the molecule is CN(c1ccccc1)C1CCN(C(=O)C2CC23CCNCC3)C1. The number of rotatable bonds is 3. The number of piperidine rings is 1. The molecule has 1 saturated carbocycles. The van der Waals surface area contributed by atoms with Crippen molar-refractivity contribution >= 4 is 11.6 Å². The second kappa shape index (κ2) is 5.82. The predicted octanol–water partition coefficient (Wildman–Crippen LogP) is 2.11. The van der Waals surface area contributed by atoms with E-state index < -0.39 is 0 Å². The Hall–Kier alpha value is -1.55. The molecule has 3 aliphatic rings. The van der Waals surface area contributed by atoms with Crippen LogP contribution in [0.2, 0.25) is 0 Å². The minimum atomic E-state index is 0.311. The van der Waals surface area contributed by atoms with Crippen molar-refractivity contribution in [3.05, 3.63) is 30.3 Å². The number of anilines is 1. The summed E-state index contributed by atoms with van der Waals surface area (Å²) in [5, 5.41) is 3.42. The summed E-state index contributed by atoms with van der Waals surface area (Å²) in [6.45, 7) is 3.98. The summed E-state index contributed by atoms with van der Waals surface area (Å²) < 4.78 is 0. The molecule has 23 heavy (non-hydrogen) atoms. The van der Waals surface area contributed by atoms with Gasteiger partial charge in [-0.1, -0.05) is 18.2 Å². The van der Waals surface area contributed by atoms with Crippen LogP contribution in [0.3, 0.4) is 0 Å². The number of hydrogen-bond acceptors (Lipinski definition) is 3. The van der Waals surface area contributed by atoms with E-state index in [0.29, 0.717) is 23.3 Å². The number of amides is 1.